The molecule has 6 heteroatoms. The molecule has 3 rings (SSSR count). The Morgan fingerprint density at radius 3 is 3.00 bits per heavy atom. The monoisotopic (exact) mass is 370 g/mol. The number of hydrogen-bond donors (Lipinski definition) is 1. The van der Waals surface area contributed by atoms with Gasteiger partial charge in [-0.25, -0.2) is 0 Å². The van der Waals surface area contributed by atoms with E-state index in [9.17, 15) is 4.79 Å². The number of nitrogens with zero attached hydrogens (tertiary/aromatic N) is 1. The smallest absolute Gasteiger partial charge is 0.289 e. The van der Waals surface area contributed by atoms with E-state index >= 15 is 0 Å². The van der Waals surface area contributed by atoms with Crippen molar-refractivity contribution in [1.82, 2.24) is 4.90 Å². The number of rotatable bonds is 2. The number of likely N-dealkylation sites (tertiary alicyclic amines) is 1. The molecule has 1 saturated heterocycles. The number of benzene rings is 1. The van der Waals surface area contributed by atoms with Crippen molar-refractivity contribution in [3.05, 3.63) is 33.0 Å². The van der Waals surface area contributed by atoms with E-state index in [1.807, 2.05) is 17.9 Å². The van der Waals surface area contributed by atoms with E-state index in [0.29, 0.717) is 35.4 Å². The highest BCUT2D eigenvalue weighted by Crippen LogP contribution is 2.34. The molecule has 0 spiro atoms. The Hall–Kier alpha value is -1.04. The predicted molar refractivity (Wildman–Crippen MR) is 86.7 cm³/mol. The maximum atomic E-state index is 12.6. The average Bonchev–Trinajstić information content (AvgIpc) is 3.04. The molecule has 1 atom stereocenters. The van der Waals surface area contributed by atoms with Crippen molar-refractivity contribution in [2.24, 2.45) is 11.7 Å². The quantitative estimate of drug-likeness (QED) is 0.878. The number of hydrogen-bond acceptors (Lipinski definition) is 3. The number of halogens is 2. The van der Waals surface area contributed by atoms with Gasteiger partial charge in [-0.05, 0) is 53.9 Å². The summed E-state index contributed by atoms with van der Waals surface area (Å²) in [6.45, 7) is 3.94. The van der Waals surface area contributed by atoms with Crippen LogP contribution in [0.1, 0.15) is 22.5 Å². The molecular formula is C15H16BrClN2O2. The molecule has 1 aromatic heterocycles. The first kappa shape index (κ1) is 14.9. The summed E-state index contributed by atoms with van der Waals surface area (Å²) < 4.78 is 6.56. The number of fused-ring (bicyclic) bond motifs is 1. The zero-order valence-electron chi connectivity index (χ0n) is 11.7. The topological polar surface area (TPSA) is 59.5 Å². The molecule has 4 nitrogen and oxygen atoms in total. The lowest BCUT2D eigenvalue weighted by atomic mass is 10.1. The zero-order chi connectivity index (χ0) is 15.1. The van der Waals surface area contributed by atoms with Crippen LogP contribution < -0.4 is 5.73 Å². The highest BCUT2D eigenvalue weighted by Gasteiger charge is 2.29. The maximum Gasteiger partial charge on any atom is 0.289 e. The van der Waals surface area contributed by atoms with Crippen LogP contribution in [0, 0.1) is 12.8 Å². The summed E-state index contributed by atoms with van der Waals surface area (Å²) in [6.07, 6.45) is 0.955. The van der Waals surface area contributed by atoms with Crippen molar-refractivity contribution in [2.45, 2.75) is 13.3 Å². The molecule has 21 heavy (non-hydrogen) atoms. The maximum absolute atomic E-state index is 12.6. The van der Waals surface area contributed by atoms with Crippen LogP contribution >= 0.6 is 27.5 Å². The van der Waals surface area contributed by atoms with E-state index < -0.39 is 0 Å². The molecule has 1 aromatic carbocycles. The molecule has 0 radical (unpaired) electrons. The van der Waals surface area contributed by atoms with Crippen LogP contribution in [0.2, 0.25) is 5.02 Å². The van der Waals surface area contributed by atoms with Gasteiger partial charge in [0.25, 0.3) is 5.91 Å². The zero-order valence-corrected chi connectivity index (χ0v) is 14.0. The molecule has 1 aliphatic heterocycles. The first-order valence-electron chi connectivity index (χ1n) is 6.88. The van der Waals surface area contributed by atoms with E-state index in [1.165, 1.54) is 0 Å². The summed E-state index contributed by atoms with van der Waals surface area (Å²) in [5.74, 6) is 0.716. The third-order valence-corrected chi connectivity index (χ3v) is 4.86. The van der Waals surface area contributed by atoms with Crippen LogP contribution in [0.5, 0.6) is 0 Å². The largest absolute Gasteiger partial charge is 0.449 e. The Morgan fingerprint density at radius 1 is 1.57 bits per heavy atom. The summed E-state index contributed by atoms with van der Waals surface area (Å²) in [4.78, 5) is 14.5. The van der Waals surface area contributed by atoms with Crippen LogP contribution in [0.3, 0.4) is 0 Å². The first-order valence-corrected chi connectivity index (χ1v) is 8.06. The van der Waals surface area contributed by atoms with Gasteiger partial charge in [-0.15, -0.1) is 0 Å². The van der Waals surface area contributed by atoms with Gasteiger partial charge < -0.3 is 15.1 Å². The molecule has 1 fully saturated rings. The summed E-state index contributed by atoms with van der Waals surface area (Å²) in [7, 11) is 0. The van der Waals surface area contributed by atoms with Gasteiger partial charge in [0.1, 0.15) is 5.58 Å². The number of furan rings is 1. The van der Waals surface area contributed by atoms with Gasteiger partial charge in [-0.1, -0.05) is 11.6 Å². The summed E-state index contributed by atoms with van der Waals surface area (Å²) in [5.41, 5.74) is 7.17. The Balaban J connectivity index is 1.99. The molecule has 1 amide bonds. The van der Waals surface area contributed by atoms with Crippen LogP contribution in [-0.2, 0) is 0 Å². The van der Waals surface area contributed by atoms with Gasteiger partial charge in [-0.3, -0.25) is 4.79 Å². The second-order valence-electron chi connectivity index (χ2n) is 5.46. The fraction of sp³-hybridized carbons (Fsp3) is 0.400. The van der Waals surface area contributed by atoms with E-state index in [0.717, 1.165) is 28.4 Å². The Labute approximate surface area is 136 Å². The first-order chi connectivity index (χ1) is 10.0. The van der Waals surface area contributed by atoms with Gasteiger partial charge in [0.05, 0.1) is 4.47 Å². The molecule has 112 valence electrons. The molecule has 2 heterocycles. The predicted octanol–water partition coefficient (Wildman–Crippen LogP) is 3.58. The minimum Gasteiger partial charge on any atom is -0.449 e. The standard InChI is InChI=1S/C15H16BrClN2O2/c1-8-11-4-10(17)5-12(16)14(11)21-13(8)15(20)19-3-2-9(6-18)7-19/h4-5,9H,2-3,6-7,18H2,1H3/t9-/m0/s1. The number of carbonyl (C=O) groups excluding carboxylic acids is 1. The van der Waals surface area contributed by atoms with E-state index in [4.69, 9.17) is 21.8 Å². The highest BCUT2D eigenvalue weighted by atomic mass is 79.9. The normalized spacial score (nSPS) is 18.7. The second kappa shape index (κ2) is 5.63. The van der Waals surface area contributed by atoms with E-state index in [-0.39, 0.29) is 5.91 Å². The molecule has 0 unspecified atom stereocenters. The fourth-order valence-corrected chi connectivity index (χ4v) is 3.69. The highest BCUT2D eigenvalue weighted by molar-refractivity contribution is 9.10. The molecule has 0 saturated carbocycles. The lowest BCUT2D eigenvalue weighted by molar-refractivity contribution is 0.0757. The number of carbonyl (C=O) groups is 1. The molecule has 1 aliphatic rings. The summed E-state index contributed by atoms with van der Waals surface area (Å²) >= 11 is 9.50. The van der Waals surface area contributed by atoms with Crippen molar-refractivity contribution < 1.29 is 9.21 Å². The Bertz CT molecular complexity index is 713. The van der Waals surface area contributed by atoms with Crippen molar-refractivity contribution in [1.29, 1.82) is 0 Å². The molecule has 0 bridgehead atoms. The van der Waals surface area contributed by atoms with Gasteiger partial charge in [0.2, 0.25) is 0 Å². The van der Waals surface area contributed by atoms with E-state index in [2.05, 4.69) is 15.9 Å². The minimum absolute atomic E-state index is 0.0670. The number of nitrogens with two attached hydrogens (primary N) is 1. The van der Waals surface area contributed by atoms with Crippen LogP contribution in [0.15, 0.2) is 21.0 Å². The minimum atomic E-state index is -0.0670. The second-order valence-corrected chi connectivity index (χ2v) is 6.75. The molecule has 0 aliphatic carbocycles. The lowest BCUT2D eigenvalue weighted by Gasteiger charge is -2.14. The molecule has 2 aromatic rings. The van der Waals surface area contributed by atoms with Gasteiger partial charge in [0, 0.05) is 29.1 Å². The van der Waals surface area contributed by atoms with Crippen LogP contribution in [0.4, 0.5) is 0 Å². The van der Waals surface area contributed by atoms with Crippen molar-refractivity contribution in [3.8, 4) is 0 Å². The van der Waals surface area contributed by atoms with Crippen molar-refractivity contribution in [2.75, 3.05) is 19.6 Å². The third kappa shape index (κ3) is 2.58. The van der Waals surface area contributed by atoms with Crippen molar-refractivity contribution in [3.63, 3.8) is 0 Å². The number of amides is 1. The molecular weight excluding hydrogens is 356 g/mol. The summed E-state index contributed by atoms with van der Waals surface area (Å²) in [6, 6.07) is 3.59. The van der Waals surface area contributed by atoms with E-state index in [1.54, 1.807) is 6.07 Å². The third-order valence-electron chi connectivity index (χ3n) is 4.06. The SMILES string of the molecule is Cc1c(C(=O)N2CC[C@@H](CN)C2)oc2c(Br)cc(Cl)cc12. The van der Waals surface area contributed by atoms with Crippen LogP contribution in [0.25, 0.3) is 11.0 Å². The van der Waals surface area contributed by atoms with Gasteiger partial charge in [0.15, 0.2) is 5.76 Å². The fourth-order valence-electron chi connectivity index (χ4n) is 2.80. The average molecular weight is 372 g/mol. The van der Waals surface area contributed by atoms with Crippen LogP contribution in [-0.4, -0.2) is 30.4 Å². The van der Waals surface area contributed by atoms with Gasteiger partial charge >= 0.3 is 0 Å². The lowest BCUT2D eigenvalue weighted by Crippen LogP contribution is -2.30. The number of aryl methyl sites for hydroxylation is 1. The Morgan fingerprint density at radius 2 is 2.33 bits per heavy atom. The Kier molecular flexibility index (Phi) is 3.99. The van der Waals surface area contributed by atoms with Crippen molar-refractivity contribution >= 4 is 44.4 Å². The summed E-state index contributed by atoms with van der Waals surface area (Å²) in [5, 5.41) is 1.48. The van der Waals surface area contributed by atoms with Gasteiger partial charge in [-0.2, -0.15) is 0 Å². The molecule has 2 N–H and O–H groups in total.